The van der Waals surface area contributed by atoms with Crippen LogP contribution in [0.4, 0.5) is 4.39 Å². The van der Waals surface area contributed by atoms with E-state index < -0.39 is 0 Å². The number of aryl methyl sites for hydroxylation is 1. The van der Waals surface area contributed by atoms with Gasteiger partial charge in [-0.2, -0.15) is 0 Å². The summed E-state index contributed by atoms with van der Waals surface area (Å²) in [6.45, 7) is 0. The molecule has 2 aliphatic carbocycles. The number of benzene rings is 1. The molecule has 1 nitrogen and oxygen atoms in total. The van der Waals surface area contributed by atoms with Gasteiger partial charge in [-0.1, -0.05) is 18.2 Å². The van der Waals surface area contributed by atoms with Crippen LogP contribution in [-0.2, 0) is 6.42 Å². The first kappa shape index (κ1) is 13.5. The van der Waals surface area contributed by atoms with Crippen LogP contribution < -0.4 is 5.32 Å². The molecule has 1 N–H and O–H groups in total. The fourth-order valence-corrected chi connectivity index (χ4v) is 4.75. The van der Waals surface area contributed by atoms with Gasteiger partial charge in [0.2, 0.25) is 0 Å². The van der Waals surface area contributed by atoms with Crippen molar-refractivity contribution in [2.45, 2.75) is 50.1 Å². The van der Waals surface area contributed by atoms with E-state index >= 15 is 0 Å². The number of halogens is 1. The Kier molecular flexibility index (Phi) is 3.56. The van der Waals surface area contributed by atoms with Gasteiger partial charge in [-0.05, 0) is 66.7 Å². The largest absolute Gasteiger partial charge is 0.307 e. The zero-order valence-electron chi connectivity index (χ0n) is 12.0. The summed E-state index contributed by atoms with van der Waals surface area (Å²) in [5.74, 6) is 0.355. The van der Waals surface area contributed by atoms with E-state index in [9.17, 15) is 4.39 Å². The Morgan fingerprint density at radius 1 is 1.10 bits per heavy atom. The van der Waals surface area contributed by atoms with Crippen LogP contribution in [0.25, 0.3) is 0 Å². The van der Waals surface area contributed by atoms with Gasteiger partial charge in [0.1, 0.15) is 5.82 Å². The van der Waals surface area contributed by atoms with Crippen molar-refractivity contribution in [3.05, 3.63) is 57.5 Å². The number of fused-ring (bicyclic) bond motifs is 1. The third kappa shape index (κ3) is 2.53. The van der Waals surface area contributed by atoms with Gasteiger partial charge >= 0.3 is 0 Å². The smallest absolute Gasteiger partial charge is 0.126 e. The minimum atomic E-state index is -0.0428. The van der Waals surface area contributed by atoms with Crippen LogP contribution in [0.15, 0.2) is 35.7 Å². The van der Waals surface area contributed by atoms with Crippen molar-refractivity contribution in [2.75, 3.05) is 0 Å². The summed E-state index contributed by atoms with van der Waals surface area (Å²) >= 11 is 1.89. The lowest BCUT2D eigenvalue weighted by atomic mass is 9.75. The molecule has 0 amide bonds. The topological polar surface area (TPSA) is 12.0 Å². The number of rotatable bonds is 3. The van der Waals surface area contributed by atoms with Gasteiger partial charge in [0.05, 0.1) is 0 Å². The zero-order valence-corrected chi connectivity index (χ0v) is 12.8. The average molecular weight is 301 g/mol. The van der Waals surface area contributed by atoms with Crippen LogP contribution in [0, 0.1) is 5.82 Å². The summed E-state index contributed by atoms with van der Waals surface area (Å²) in [5, 5.41) is 6.02. The molecule has 0 aliphatic heterocycles. The summed E-state index contributed by atoms with van der Waals surface area (Å²) < 4.78 is 13.8. The first-order valence-corrected chi connectivity index (χ1v) is 8.76. The molecular formula is C18H20FNS. The summed E-state index contributed by atoms with van der Waals surface area (Å²) in [6.07, 6.45) is 5.90. The SMILES string of the molecule is Fc1ccccc1C1CC(NC2CCCc3sccc32)C1. The number of thiophene rings is 1. The molecule has 4 rings (SSSR count). The molecule has 0 spiro atoms. The van der Waals surface area contributed by atoms with Crippen molar-refractivity contribution in [3.8, 4) is 0 Å². The molecule has 0 saturated heterocycles. The first-order valence-electron chi connectivity index (χ1n) is 7.88. The van der Waals surface area contributed by atoms with Crippen LogP contribution in [0.3, 0.4) is 0 Å². The van der Waals surface area contributed by atoms with Crippen LogP contribution in [-0.4, -0.2) is 6.04 Å². The van der Waals surface area contributed by atoms with Crippen molar-refractivity contribution >= 4 is 11.3 Å². The Morgan fingerprint density at radius 3 is 2.81 bits per heavy atom. The molecule has 1 fully saturated rings. The lowest BCUT2D eigenvalue weighted by Crippen LogP contribution is -2.42. The second-order valence-electron chi connectivity index (χ2n) is 6.30. The van der Waals surface area contributed by atoms with E-state index in [1.807, 2.05) is 23.5 Å². The molecule has 1 atom stereocenters. The van der Waals surface area contributed by atoms with Crippen LogP contribution in [0.1, 0.15) is 53.6 Å². The maximum atomic E-state index is 13.8. The van der Waals surface area contributed by atoms with Gasteiger partial charge < -0.3 is 5.32 Å². The summed E-state index contributed by atoms with van der Waals surface area (Å²) in [5.41, 5.74) is 2.41. The molecular weight excluding hydrogens is 281 g/mol. The van der Waals surface area contributed by atoms with Crippen molar-refractivity contribution < 1.29 is 4.39 Å². The second-order valence-corrected chi connectivity index (χ2v) is 7.30. The van der Waals surface area contributed by atoms with Crippen LogP contribution in [0.2, 0.25) is 0 Å². The molecule has 1 aromatic heterocycles. The lowest BCUT2D eigenvalue weighted by molar-refractivity contribution is 0.252. The van der Waals surface area contributed by atoms with Gasteiger partial charge in [0.25, 0.3) is 0 Å². The Morgan fingerprint density at radius 2 is 1.95 bits per heavy atom. The van der Waals surface area contributed by atoms with Gasteiger partial charge in [0, 0.05) is 17.0 Å². The van der Waals surface area contributed by atoms with Gasteiger partial charge in [-0.25, -0.2) is 4.39 Å². The van der Waals surface area contributed by atoms with E-state index in [0.29, 0.717) is 18.0 Å². The molecule has 0 radical (unpaired) electrons. The van der Waals surface area contributed by atoms with E-state index in [-0.39, 0.29) is 5.82 Å². The Balaban J connectivity index is 1.39. The average Bonchev–Trinajstić information content (AvgIpc) is 2.93. The van der Waals surface area contributed by atoms with Crippen LogP contribution >= 0.6 is 11.3 Å². The third-order valence-electron chi connectivity index (χ3n) is 4.97. The van der Waals surface area contributed by atoms with E-state index in [0.717, 1.165) is 18.4 Å². The predicted molar refractivity (Wildman–Crippen MR) is 85.3 cm³/mol. The Hall–Kier alpha value is -1.19. The number of hydrogen-bond donors (Lipinski definition) is 1. The number of hydrogen-bond acceptors (Lipinski definition) is 2. The molecule has 21 heavy (non-hydrogen) atoms. The second kappa shape index (κ2) is 5.54. The monoisotopic (exact) mass is 301 g/mol. The third-order valence-corrected chi connectivity index (χ3v) is 5.97. The molecule has 1 unspecified atom stereocenters. The van der Waals surface area contributed by atoms with Crippen molar-refractivity contribution in [1.82, 2.24) is 5.32 Å². The van der Waals surface area contributed by atoms with Crippen molar-refractivity contribution in [2.24, 2.45) is 0 Å². The molecule has 2 aliphatic rings. The maximum Gasteiger partial charge on any atom is 0.126 e. The molecule has 110 valence electrons. The minimum absolute atomic E-state index is 0.0428. The van der Waals surface area contributed by atoms with Crippen LogP contribution in [0.5, 0.6) is 0 Å². The summed E-state index contributed by atoms with van der Waals surface area (Å²) in [4.78, 5) is 1.56. The highest BCUT2D eigenvalue weighted by atomic mass is 32.1. The highest BCUT2D eigenvalue weighted by Gasteiger charge is 2.34. The summed E-state index contributed by atoms with van der Waals surface area (Å²) in [6, 6.07) is 10.6. The van der Waals surface area contributed by atoms with Crippen molar-refractivity contribution in [1.29, 1.82) is 0 Å². The van der Waals surface area contributed by atoms with Gasteiger partial charge in [0.15, 0.2) is 0 Å². The molecule has 2 aromatic rings. The fraction of sp³-hybridized carbons (Fsp3) is 0.444. The molecule has 3 heteroatoms. The van der Waals surface area contributed by atoms with Crippen molar-refractivity contribution in [3.63, 3.8) is 0 Å². The Labute approximate surface area is 129 Å². The van der Waals surface area contributed by atoms with E-state index in [2.05, 4.69) is 16.8 Å². The lowest BCUT2D eigenvalue weighted by Gasteiger charge is -2.39. The van der Waals surface area contributed by atoms with E-state index in [1.165, 1.54) is 24.8 Å². The fourth-order valence-electron chi connectivity index (χ4n) is 3.76. The summed E-state index contributed by atoms with van der Waals surface area (Å²) in [7, 11) is 0. The number of nitrogens with one attached hydrogen (secondary N) is 1. The van der Waals surface area contributed by atoms with Gasteiger partial charge in [-0.3, -0.25) is 0 Å². The normalized spacial score (nSPS) is 28.0. The predicted octanol–water partition coefficient (Wildman–Crippen LogP) is 4.80. The molecule has 0 bridgehead atoms. The van der Waals surface area contributed by atoms with Gasteiger partial charge in [-0.15, -0.1) is 11.3 Å². The standard InChI is InChI=1S/C18H20FNS/c19-16-5-2-1-4-14(16)12-10-13(11-12)20-17-6-3-7-18-15(17)8-9-21-18/h1-2,4-5,8-9,12-13,17,20H,3,6-7,10-11H2. The van der Waals surface area contributed by atoms with E-state index in [1.54, 1.807) is 17.0 Å². The maximum absolute atomic E-state index is 13.8. The molecule has 1 heterocycles. The zero-order chi connectivity index (χ0) is 14.2. The highest BCUT2D eigenvalue weighted by Crippen LogP contribution is 2.41. The highest BCUT2D eigenvalue weighted by molar-refractivity contribution is 7.10. The molecule has 1 aromatic carbocycles. The first-order chi connectivity index (χ1) is 10.3. The minimum Gasteiger partial charge on any atom is -0.307 e. The Bertz CT molecular complexity index is 630. The quantitative estimate of drug-likeness (QED) is 0.858. The molecule has 1 saturated carbocycles. The van der Waals surface area contributed by atoms with E-state index in [4.69, 9.17) is 0 Å².